The van der Waals surface area contributed by atoms with Gasteiger partial charge in [0.05, 0.1) is 29.4 Å². The lowest BCUT2D eigenvalue weighted by atomic mass is 10.0. The van der Waals surface area contributed by atoms with Crippen molar-refractivity contribution in [1.82, 2.24) is 10.3 Å². The Hall–Kier alpha value is -4.86. The number of pyridine rings is 1. The van der Waals surface area contributed by atoms with E-state index in [2.05, 4.69) is 10.3 Å². The molecule has 0 aliphatic carbocycles. The van der Waals surface area contributed by atoms with Gasteiger partial charge in [-0.15, -0.1) is 0 Å². The Labute approximate surface area is 252 Å². The van der Waals surface area contributed by atoms with Gasteiger partial charge in [0.2, 0.25) is 0 Å². The maximum Gasteiger partial charge on any atom is 0.335 e. The number of anilines is 1. The first-order chi connectivity index (χ1) is 20.4. The Bertz CT molecular complexity index is 1740. The van der Waals surface area contributed by atoms with Crippen molar-refractivity contribution in [1.29, 1.82) is 0 Å². The summed E-state index contributed by atoms with van der Waals surface area (Å²) in [4.78, 5) is 18.1. The highest BCUT2D eigenvalue weighted by atomic mass is 35.5. The number of carboxylic acids is 1. The van der Waals surface area contributed by atoms with E-state index in [0.717, 1.165) is 17.1 Å². The van der Waals surface area contributed by atoms with E-state index in [-0.39, 0.29) is 11.6 Å². The van der Waals surface area contributed by atoms with Crippen molar-refractivity contribution in [2.24, 2.45) is 0 Å². The number of halogens is 1. The third-order valence-corrected chi connectivity index (χ3v) is 7.55. The molecule has 0 unspecified atom stereocenters. The Morgan fingerprint density at radius 1 is 0.976 bits per heavy atom. The molecule has 3 heterocycles. The molecule has 0 bridgehead atoms. The first-order valence-electron chi connectivity index (χ1n) is 13.0. The molecule has 0 amide bonds. The molecule has 2 atom stereocenters. The van der Waals surface area contributed by atoms with Crippen LogP contribution in [0.2, 0.25) is 5.02 Å². The van der Waals surface area contributed by atoms with Gasteiger partial charge in [0.1, 0.15) is 34.8 Å². The zero-order valence-electron chi connectivity index (χ0n) is 22.2. The van der Waals surface area contributed by atoms with Gasteiger partial charge in [0.15, 0.2) is 5.11 Å². The fourth-order valence-electron chi connectivity index (χ4n) is 4.88. The summed E-state index contributed by atoms with van der Waals surface area (Å²) in [6.45, 7) is 0. The normalized spacial score (nSPS) is 16.2. The molecular formula is C32H24ClN3O5S. The second-order valence-electron chi connectivity index (χ2n) is 9.47. The van der Waals surface area contributed by atoms with Gasteiger partial charge in [0, 0.05) is 17.4 Å². The molecule has 42 heavy (non-hydrogen) atoms. The van der Waals surface area contributed by atoms with Crippen LogP contribution in [0.1, 0.15) is 33.9 Å². The van der Waals surface area contributed by atoms with Crippen LogP contribution in [0.4, 0.5) is 5.69 Å². The SMILES string of the molecule is COc1ccc(Oc2ccc(N3C(=S)N[C@@H](c4ccccn4)[C@@H]3c3ccc(-c4cc(C(=O)O)ccc4Cl)o3)cc2)cc1. The predicted molar refractivity (Wildman–Crippen MR) is 164 cm³/mol. The summed E-state index contributed by atoms with van der Waals surface area (Å²) in [5.41, 5.74) is 2.20. The summed E-state index contributed by atoms with van der Waals surface area (Å²) in [6, 6.07) is 28.1. The van der Waals surface area contributed by atoms with E-state index in [1.165, 1.54) is 12.1 Å². The Kier molecular flexibility index (Phi) is 7.52. The maximum atomic E-state index is 11.6. The zero-order chi connectivity index (χ0) is 29.2. The van der Waals surface area contributed by atoms with E-state index in [4.69, 9.17) is 37.7 Å². The first-order valence-corrected chi connectivity index (χ1v) is 13.8. The van der Waals surface area contributed by atoms with Crippen molar-refractivity contribution < 1.29 is 23.8 Å². The lowest BCUT2D eigenvalue weighted by Crippen LogP contribution is -2.29. The van der Waals surface area contributed by atoms with Gasteiger partial charge in [-0.05, 0) is 103 Å². The van der Waals surface area contributed by atoms with E-state index in [1.54, 1.807) is 25.4 Å². The van der Waals surface area contributed by atoms with E-state index < -0.39 is 12.0 Å². The Morgan fingerprint density at radius 3 is 2.36 bits per heavy atom. The van der Waals surface area contributed by atoms with Crippen LogP contribution in [0.25, 0.3) is 11.3 Å². The number of rotatable bonds is 8. The van der Waals surface area contributed by atoms with Crippen molar-refractivity contribution in [2.45, 2.75) is 12.1 Å². The zero-order valence-corrected chi connectivity index (χ0v) is 23.8. The molecule has 1 saturated heterocycles. The molecule has 1 aliphatic heterocycles. The van der Waals surface area contributed by atoms with Gasteiger partial charge >= 0.3 is 5.97 Å². The molecule has 0 saturated carbocycles. The molecule has 8 nitrogen and oxygen atoms in total. The third kappa shape index (κ3) is 5.39. The second-order valence-corrected chi connectivity index (χ2v) is 10.3. The van der Waals surface area contributed by atoms with Crippen molar-refractivity contribution >= 4 is 40.6 Å². The molecule has 2 aromatic heterocycles. The number of nitrogens with one attached hydrogen (secondary N) is 1. The van der Waals surface area contributed by atoms with E-state index in [1.807, 2.05) is 77.7 Å². The summed E-state index contributed by atoms with van der Waals surface area (Å²) >= 11 is 12.3. The molecule has 210 valence electrons. The average Bonchev–Trinajstić information content (AvgIpc) is 3.63. The Morgan fingerprint density at radius 2 is 1.69 bits per heavy atom. The topological polar surface area (TPSA) is 97.1 Å². The van der Waals surface area contributed by atoms with Gasteiger partial charge in [-0.3, -0.25) is 4.98 Å². The van der Waals surface area contributed by atoms with Crippen molar-refractivity contribution in [3.63, 3.8) is 0 Å². The van der Waals surface area contributed by atoms with Crippen LogP contribution < -0.4 is 19.7 Å². The first kappa shape index (κ1) is 27.3. The smallest absolute Gasteiger partial charge is 0.335 e. The number of furan rings is 1. The minimum atomic E-state index is -1.05. The predicted octanol–water partition coefficient (Wildman–Crippen LogP) is 7.67. The minimum Gasteiger partial charge on any atom is -0.497 e. The van der Waals surface area contributed by atoms with Gasteiger partial charge in [-0.1, -0.05) is 17.7 Å². The maximum absolute atomic E-state index is 11.6. The second kappa shape index (κ2) is 11.6. The van der Waals surface area contributed by atoms with Gasteiger partial charge in [0.25, 0.3) is 0 Å². The number of thiocarbonyl (C=S) groups is 1. The van der Waals surface area contributed by atoms with E-state index >= 15 is 0 Å². The lowest BCUT2D eigenvalue weighted by Gasteiger charge is -2.26. The molecule has 2 N–H and O–H groups in total. The summed E-state index contributed by atoms with van der Waals surface area (Å²) in [5.74, 6) is 2.09. The number of carboxylic acid groups (broad SMARTS) is 1. The molecule has 6 rings (SSSR count). The number of nitrogens with zero attached hydrogens (tertiary/aromatic N) is 2. The van der Waals surface area contributed by atoms with Crippen LogP contribution in [0.15, 0.2) is 108 Å². The Balaban J connectivity index is 1.35. The number of benzene rings is 3. The highest BCUT2D eigenvalue weighted by Crippen LogP contribution is 2.44. The molecule has 0 spiro atoms. The van der Waals surface area contributed by atoms with Crippen LogP contribution in [0.5, 0.6) is 17.2 Å². The largest absolute Gasteiger partial charge is 0.497 e. The van der Waals surface area contributed by atoms with Gasteiger partial charge < -0.3 is 29.2 Å². The molecule has 1 fully saturated rings. The molecule has 10 heteroatoms. The van der Waals surface area contributed by atoms with Crippen molar-refractivity contribution in [2.75, 3.05) is 12.0 Å². The number of ether oxygens (including phenoxy) is 2. The van der Waals surface area contributed by atoms with E-state index in [9.17, 15) is 9.90 Å². The minimum absolute atomic E-state index is 0.112. The highest BCUT2D eigenvalue weighted by Gasteiger charge is 2.42. The molecular weight excluding hydrogens is 574 g/mol. The van der Waals surface area contributed by atoms with Crippen LogP contribution in [0.3, 0.4) is 0 Å². The fraction of sp³-hybridized carbons (Fsp3) is 0.0938. The quantitative estimate of drug-likeness (QED) is 0.175. The van der Waals surface area contributed by atoms with Crippen LogP contribution in [0, 0.1) is 0 Å². The molecule has 0 radical (unpaired) electrons. The van der Waals surface area contributed by atoms with Crippen molar-refractivity contribution in [3.8, 4) is 28.6 Å². The van der Waals surface area contributed by atoms with Crippen molar-refractivity contribution in [3.05, 3.63) is 125 Å². The van der Waals surface area contributed by atoms with Crippen LogP contribution >= 0.6 is 23.8 Å². The number of methoxy groups -OCH3 is 1. The summed E-state index contributed by atoms with van der Waals surface area (Å²) in [6.07, 6.45) is 1.73. The molecule has 5 aromatic rings. The van der Waals surface area contributed by atoms with Gasteiger partial charge in [-0.25, -0.2) is 4.79 Å². The average molecular weight is 598 g/mol. The number of aromatic carboxylic acids is 1. The van der Waals surface area contributed by atoms with Crippen LogP contribution in [-0.4, -0.2) is 28.3 Å². The molecule has 1 aliphatic rings. The highest BCUT2D eigenvalue weighted by molar-refractivity contribution is 7.80. The summed E-state index contributed by atoms with van der Waals surface area (Å²) in [5, 5.41) is 13.8. The summed E-state index contributed by atoms with van der Waals surface area (Å²) in [7, 11) is 1.62. The lowest BCUT2D eigenvalue weighted by molar-refractivity contribution is 0.0697. The number of hydrogen-bond acceptors (Lipinski definition) is 6. The number of hydrogen-bond donors (Lipinski definition) is 2. The molecule has 3 aromatic carbocycles. The third-order valence-electron chi connectivity index (χ3n) is 6.91. The standard InChI is InChI=1S/C32H24ClN3O5S/c1-39-21-10-12-23(13-11-21)40-22-8-6-20(7-9-22)36-30(29(35-32(36)42)26-4-2-3-17-34-26)28-16-15-27(41-28)24-18-19(31(37)38)5-14-25(24)33/h2-18,29-30H,1H3,(H,35,42)(H,37,38)/t29-,30-/m0/s1. The number of carbonyl (C=O) groups is 1. The summed E-state index contributed by atoms with van der Waals surface area (Å²) < 4.78 is 17.6. The number of aromatic nitrogens is 1. The fourth-order valence-corrected chi connectivity index (χ4v) is 5.44. The van der Waals surface area contributed by atoms with E-state index in [0.29, 0.717) is 38.7 Å². The van der Waals surface area contributed by atoms with Gasteiger partial charge in [-0.2, -0.15) is 0 Å². The van der Waals surface area contributed by atoms with Crippen LogP contribution in [-0.2, 0) is 0 Å². The monoisotopic (exact) mass is 597 g/mol.